The normalized spacial score (nSPS) is 22.2. The molecule has 1 aliphatic carbocycles. The van der Waals surface area contributed by atoms with Gasteiger partial charge in [0.2, 0.25) is 0 Å². The van der Waals surface area contributed by atoms with Crippen molar-refractivity contribution in [2.75, 3.05) is 10.6 Å². The van der Waals surface area contributed by atoms with E-state index in [2.05, 4.69) is 71.3 Å². The Bertz CT molecular complexity index is 460. The van der Waals surface area contributed by atoms with Gasteiger partial charge >= 0.3 is 0 Å². The molecule has 0 bridgehead atoms. The predicted octanol–water partition coefficient (Wildman–Crippen LogP) is 4.52. The molecule has 2 aromatic carbocycles. The molecule has 0 heterocycles. The van der Waals surface area contributed by atoms with Crippen molar-refractivity contribution in [2.45, 2.75) is 37.8 Å². The van der Waals surface area contributed by atoms with Crippen LogP contribution in [-0.4, -0.2) is 12.1 Å². The Morgan fingerprint density at radius 1 is 0.600 bits per heavy atom. The maximum atomic E-state index is 3.69. The second-order valence-corrected chi connectivity index (χ2v) is 5.52. The fourth-order valence-electron chi connectivity index (χ4n) is 2.97. The molecule has 20 heavy (non-hydrogen) atoms. The molecule has 0 aromatic heterocycles. The highest BCUT2D eigenvalue weighted by atomic mass is 15.0. The molecule has 2 atom stereocenters. The van der Waals surface area contributed by atoms with Crippen molar-refractivity contribution in [1.29, 1.82) is 0 Å². The number of hydrogen-bond donors (Lipinski definition) is 2. The first-order valence-corrected chi connectivity index (χ1v) is 7.55. The van der Waals surface area contributed by atoms with Crippen LogP contribution in [0.5, 0.6) is 0 Å². The summed E-state index contributed by atoms with van der Waals surface area (Å²) < 4.78 is 0. The van der Waals surface area contributed by atoms with E-state index >= 15 is 0 Å². The van der Waals surface area contributed by atoms with Gasteiger partial charge in [0, 0.05) is 23.5 Å². The lowest BCUT2D eigenvalue weighted by Crippen LogP contribution is -2.41. The topological polar surface area (TPSA) is 24.1 Å². The van der Waals surface area contributed by atoms with Gasteiger partial charge < -0.3 is 10.6 Å². The first-order chi connectivity index (χ1) is 9.92. The molecule has 2 aromatic rings. The van der Waals surface area contributed by atoms with E-state index in [1.165, 1.54) is 37.1 Å². The highest BCUT2D eigenvalue weighted by molar-refractivity contribution is 5.47. The Morgan fingerprint density at radius 2 is 1.00 bits per heavy atom. The van der Waals surface area contributed by atoms with E-state index in [-0.39, 0.29) is 0 Å². The van der Waals surface area contributed by atoms with Gasteiger partial charge in [0.05, 0.1) is 0 Å². The lowest BCUT2D eigenvalue weighted by molar-refractivity contribution is 0.424. The molecular weight excluding hydrogens is 244 g/mol. The largest absolute Gasteiger partial charge is 0.380 e. The van der Waals surface area contributed by atoms with Crippen LogP contribution in [0.1, 0.15) is 25.7 Å². The fourth-order valence-corrected chi connectivity index (χ4v) is 2.97. The second kappa shape index (κ2) is 6.47. The van der Waals surface area contributed by atoms with Crippen molar-refractivity contribution in [3.8, 4) is 0 Å². The van der Waals surface area contributed by atoms with Crippen LogP contribution in [0, 0.1) is 0 Å². The molecule has 2 N–H and O–H groups in total. The molecule has 1 fully saturated rings. The summed E-state index contributed by atoms with van der Waals surface area (Å²) in [6.07, 6.45) is 5.10. The van der Waals surface area contributed by atoms with Gasteiger partial charge in [-0.2, -0.15) is 0 Å². The molecule has 0 spiro atoms. The number of para-hydroxylation sites is 2. The molecule has 2 heteroatoms. The van der Waals surface area contributed by atoms with Crippen LogP contribution in [0.2, 0.25) is 0 Å². The smallest absolute Gasteiger partial charge is 0.0462 e. The van der Waals surface area contributed by atoms with E-state index in [4.69, 9.17) is 0 Å². The number of anilines is 2. The number of rotatable bonds is 4. The third kappa shape index (κ3) is 3.32. The third-order valence-corrected chi connectivity index (χ3v) is 4.02. The molecule has 0 radical (unpaired) electrons. The summed E-state index contributed by atoms with van der Waals surface area (Å²) in [5.41, 5.74) is 2.44. The zero-order valence-corrected chi connectivity index (χ0v) is 11.8. The minimum Gasteiger partial charge on any atom is -0.380 e. The molecule has 2 nitrogen and oxygen atoms in total. The van der Waals surface area contributed by atoms with Gasteiger partial charge in [-0.1, -0.05) is 49.2 Å². The van der Waals surface area contributed by atoms with E-state index in [9.17, 15) is 0 Å². The molecule has 0 saturated heterocycles. The maximum Gasteiger partial charge on any atom is 0.0462 e. The van der Waals surface area contributed by atoms with Crippen LogP contribution < -0.4 is 10.6 Å². The lowest BCUT2D eigenvalue weighted by atomic mass is 9.90. The Balaban J connectivity index is 1.68. The van der Waals surface area contributed by atoms with E-state index in [1.807, 2.05) is 0 Å². The minimum absolute atomic E-state index is 0.506. The quantitative estimate of drug-likeness (QED) is 0.850. The van der Waals surface area contributed by atoms with Crippen LogP contribution in [0.25, 0.3) is 0 Å². The summed E-state index contributed by atoms with van der Waals surface area (Å²) in [7, 11) is 0. The van der Waals surface area contributed by atoms with Crippen LogP contribution in [0.15, 0.2) is 60.7 Å². The summed E-state index contributed by atoms with van der Waals surface area (Å²) in [6, 6.07) is 22.1. The Morgan fingerprint density at radius 3 is 1.40 bits per heavy atom. The predicted molar refractivity (Wildman–Crippen MR) is 86.2 cm³/mol. The second-order valence-electron chi connectivity index (χ2n) is 5.52. The molecule has 1 saturated carbocycles. The van der Waals surface area contributed by atoms with E-state index in [1.54, 1.807) is 0 Å². The molecule has 3 rings (SSSR count). The summed E-state index contributed by atoms with van der Waals surface area (Å²) in [4.78, 5) is 0. The van der Waals surface area contributed by atoms with Crippen LogP contribution in [0.3, 0.4) is 0 Å². The van der Waals surface area contributed by atoms with Crippen molar-refractivity contribution < 1.29 is 0 Å². The summed E-state index contributed by atoms with van der Waals surface area (Å²) in [5, 5.41) is 7.38. The van der Waals surface area contributed by atoms with Gasteiger partial charge in [-0.25, -0.2) is 0 Å². The first-order valence-electron chi connectivity index (χ1n) is 7.55. The Labute approximate surface area is 121 Å². The average Bonchev–Trinajstić information content (AvgIpc) is 2.51. The highest BCUT2D eigenvalue weighted by Crippen LogP contribution is 2.25. The minimum atomic E-state index is 0.506. The molecule has 0 unspecified atom stereocenters. The molecule has 0 amide bonds. The lowest BCUT2D eigenvalue weighted by Gasteiger charge is -2.34. The maximum absolute atomic E-state index is 3.69. The molecule has 0 aliphatic heterocycles. The average molecular weight is 266 g/mol. The monoisotopic (exact) mass is 266 g/mol. The summed E-state index contributed by atoms with van der Waals surface area (Å²) in [6.45, 7) is 0. The van der Waals surface area contributed by atoms with Crippen molar-refractivity contribution in [3.05, 3.63) is 60.7 Å². The van der Waals surface area contributed by atoms with Crippen molar-refractivity contribution in [3.63, 3.8) is 0 Å². The first kappa shape index (κ1) is 13.0. The van der Waals surface area contributed by atoms with Gasteiger partial charge in [0.15, 0.2) is 0 Å². The van der Waals surface area contributed by atoms with Crippen molar-refractivity contribution >= 4 is 11.4 Å². The summed E-state index contributed by atoms with van der Waals surface area (Å²) in [5.74, 6) is 0. The summed E-state index contributed by atoms with van der Waals surface area (Å²) >= 11 is 0. The van der Waals surface area contributed by atoms with Gasteiger partial charge in [0.1, 0.15) is 0 Å². The van der Waals surface area contributed by atoms with Crippen molar-refractivity contribution in [2.24, 2.45) is 0 Å². The van der Waals surface area contributed by atoms with Crippen LogP contribution >= 0.6 is 0 Å². The van der Waals surface area contributed by atoms with E-state index in [0.717, 1.165) is 0 Å². The number of hydrogen-bond acceptors (Lipinski definition) is 2. The SMILES string of the molecule is c1ccc(N[C@H]2CCCC[C@H]2Nc2ccccc2)cc1. The standard InChI is InChI=1S/C18H22N2/c1-3-9-15(10-4-1)19-17-13-7-8-14-18(17)20-16-11-5-2-6-12-16/h1-6,9-12,17-20H,7-8,13-14H2/t17-,18+. The van der Waals surface area contributed by atoms with Crippen LogP contribution in [-0.2, 0) is 0 Å². The fraction of sp³-hybridized carbons (Fsp3) is 0.333. The van der Waals surface area contributed by atoms with E-state index < -0.39 is 0 Å². The van der Waals surface area contributed by atoms with Gasteiger partial charge in [-0.15, -0.1) is 0 Å². The zero-order valence-electron chi connectivity index (χ0n) is 11.8. The number of nitrogens with one attached hydrogen (secondary N) is 2. The van der Waals surface area contributed by atoms with Gasteiger partial charge in [-0.05, 0) is 37.1 Å². The molecular formula is C18H22N2. The highest BCUT2D eigenvalue weighted by Gasteiger charge is 2.24. The third-order valence-electron chi connectivity index (χ3n) is 4.02. The van der Waals surface area contributed by atoms with Gasteiger partial charge in [0.25, 0.3) is 0 Å². The van der Waals surface area contributed by atoms with Crippen molar-refractivity contribution in [1.82, 2.24) is 0 Å². The molecule has 1 aliphatic rings. The van der Waals surface area contributed by atoms with Crippen LogP contribution in [0.4, 0.5) is 11.4 Å². The Kier molecular flexibility index (Phi) is 4.22. The zero-order chi connectivity index (χ0) is 13.6. The van der Waals surface area contributed by atoms with E-state index in [0.29, 0.717) is 12.1 Å². The Hall–Kier alpha value is -1.96. The number of benzene rings is 2. The molecule has 104 valence electrons. The van der Waals surface area contributed by atoms with Gasteiger partial charge in [-0.3, -0.25) is 0 Å².